The van der Waals surface area contributed by atoms with Gasteiger partial charge in [-0.15, -0.1) is 11.3 Å². The predicted molar refractivity (Wildman–Crippen MR) is 113 cm³/mol. The number of hydrogen-bond donors (Lipinski definition) is 2. The lowest BCUT2D eigenvalue weighted by atomic mass is 9.97. The quantitative estimate of drug-likeness (QED) is 0.581. The van der Waals surface area contributed by atoms with Crippen LogP contribution in [0.3, 0.4) is 0 Å². The van der Waals surface area contributed by atoms with E-state index in [4.69, 9.17) is 5.73 Å². The Bertz CT molecular complexity index is 701. The monoisotopic (exact) mass is 370 g/mol. The first-order valence-electron chi connectivity index (χ1n) is 9.52. The molecule has 1 aromatic carbocycles. The van der Waals surface area contributed by atoms with Crippen LogP contribution in [-0.4, -0.2) is 30.5 Å². The molecule has 140 valence electrons. The SMILES string of the molecule is CC(C)c1cccc(NC(N)=NCC2CCN(Cc3cccs3)CC2)c1. The molecule has 2 heterocycles. The van der Waals surface area contributed by atoms with E-state index in [1.807, 2.05) is 17.4 Å². The number of hydrogen-bond acceptors (Lipinski definition) is 3. The number of nitrogens with zero attached hydrogens (tertiary/aromatic N) is 2. The van der Waals surface area contributed by atoms with Crippen molar-refractivity contribution in [3.8, 4) is 0 Å². The first kappa shape index (κ1) is 18.9. The maximum absolute atomic E-state index is 6.10. The summed E-state index contributed by atoms with van der Waals surface area (Å²) in [6.45, 7) is 8.60. The first-order valence-corrected chi connectivity index (χ1v) is 10.4. The number of nitrogens with one attached hydrogen (secondary N) is 1. The van der Waals surface area contributed by atoms with Crippen molar-refractivity contribution in [1.29, 1.82) is 0 Å². The van der Waals surface area contributed by atoms with Gasteiger partial charge in [0.05, 0.1) is 0 Å². The number of nitrogens with two attached hydrogens (primary N) is 1. The lowest BCUT2D eigenvalue weighted by Gasteiger charge is -2.30. The third-order valence-corrected chi connectivity index (χ3v) is 5.87. The highest BCUT2D eigenvalue weighted by Gasteiger charge is 2.19. The summed E-state index contributed by atoms with van der Waals surface area (Å²) < 4.78 is 0. The fraction of sp³-hybridized carbons (Fsp3) is 0.476. The van der Waals surface area contributed by atoms with Crippen molar-refractivity contribution in [1.82, 2.24) is 4.90 Å². The maximum atomic E-state index is 6.10. The molecule has 0 atom stereocenters. The van der Waals surface area contributed by atoms with Gasteiger partial charge in [-0.3, -0.25) is 9.89 Å². The van der Waals surface area contributed by atoms with Gasteiger partial charge >= 0.3 is 0 Å². The topological polar surface area (TPSA) is 53.6 Å². The van der Waals surface area contributed by atoms with E-state index in [9.17, 15) is 0 Å². The lowest BCUT2D eigenvalue weighted by molar-refractivity contribution is 0.182. The van der Waals surface area contributed by atoms with Crippen LogP contribution in [0.2, 0.25) is 0 Å². The lowest BCUT2D eigenvalue weighted by Crippen LogP contribution is -2.34. The van der Waals surface area contributed by atoms with Crippen LogP contribution in [0.15, 0.2) is 46.8 Å². The molecule has 4 nitrogen and oxygen atoms in total. The van der Waals surface area contributed by atoms with Gasteiger partial charge in [-0.2, -0.15) is 0 Å². The second kappa shape index (κ2) is 9.19. The number of benzene rings is 1. The van der Waals surface area contributed by atoms with Crippen molar-refractivity contribution in [2.24, 2.45) is 16.6 Å². The summed E-state index contributed by atoms with van der Waals surface area (Å²) in [5, 5.41) is 5.39. The highest BCUT2D eigenvalue weighted by atomic mass is 32.1. The Morgan fingerprint density at radius 3 is 2.77 bits per heavy atom. The minimum Gasteiger partial charge on any atom is -0.370 e. The number of thiophene rings is 1. The molecular formula is C21H30N4S. The van der Waals surface area contributed by atoms with Crippen LogP contribution in [0.1, 0.15) is 43.0 Å². The average Bonchev–Trinajstić information content (AvgIpc) is 3.14. The van der Waals surface area contributed by atoms with Gasteiger partial charge in [-0.05, 0) is 66.9 Å². The van der Waals surface area contributed by atoms with Crippen LogP contribution in [0, 0.1) is 5.92 Å². The first-order chi connectivity index (χ1) is 12.6. The molecule has 5 heteroatoms. The summed E-state index contributed by atoms with van der Waals surface area (Å²) in [4.78, 5) is 8.59. The van der Waals surface area contributed by atoms with Gasteiger partial charge in [0.2, 0.25) is 0 Å². The van der Waals surface area contributed by atoms with E-state index in [1.165, 1.54) is 23.3 Å². The van der Waals surface area contributed by atoms with Gasteiger partial charge in [0.15, 0.2) is 5.96 Å². The molecule has 0 bridgehead atoms. The average molecular weight is 371 g/mol. The minimum absolute atomic E-state index is 0.509. The van der Waals surface area contributed by atoms with E-state index < -0.39 is 0 Å². The largest absolute Gasteiger partial charge is 0.370 e. The van der Waals surface area contributed by atoms with E-state index in [2.05, 4.69) is 64.8 Å². The zero-order valence-electron chi connectivity index (χ0n) is 15.8. The maximum Gasteiger partial charge on any atom is 0.193 e. The van der Waals surface area contributed by atoms with E-state index in [1.54, 1.807) is 0 Å². The fourth-order valence-corrected chi connectivity index (χ4v) is 4.09. The van der Waals surface area contributed by atoms with Crippen LogP contribution < -0.4 is 11.1 Å². The Labute approximate surface area is 161 Å². The molecule has 0 unspecified atom stereocenters. The van der Waals surface area contributed by atoms with Crippen molar-refractivity contribution >= 4 is 23.0 Å². The molecule has 2 aromatic rings. The molecule has 3 N–H and O–H groups in total. The zero-order chi connectivity index (χ0) is 18.4. The van der Waals surface area contributed by atoms with E-state index in [0.29, 0.717) is 17.8 Å². The zero-order valence-corrected chi connectivity index (χ0v) is 16.6. The van der Waals surface area contributed by atoms with Crippen molar-refractivity contribution in [3.05, 3.63) is 52.2 Å². The molecule has 0 spiro atoms. The third kappa shape index (κ3) is 5.58. The van der Waals surface area contributed by atoms with Gasteiger partial charge in [0.25, 0.3) is 0 Å². The number of piperidine rings is 1. The van der Waals surface area contributed by atoms with Crippen molar-refractivity contribution in [2.75, 3.05) is 25.0 Å². The van der Waals surface area contributed by atoms with Crippen LogP contribution >= 0.6 is 11.3 Å². The Balaban J connectivity index is 1.44. The predicted octanol–water partition coefficient (Wildman–Crippen LogP) is 4.51. The smallest absolute Gasteiger partial charge is 0.193 e. The van der Waals surface area contributed by atoms with Crippen molar-refractivity contribution < 1.29 is 0 Å². The van der Waals surface area contributed by atoms with Crippen LogP contribution in [0.4, 0.5) is 5.69 Å². The van der Waals surface area contributed by atoms with Gasteiger partial charge < -0.3 is 11.1 Å². The molecule has 1 fully saturated rings. The Morgan fingerprint density at radius 2 is 2.08 bits per heavy atom. The molecule has 1 aliphatic heterocycles. The van der Waals surface area contributed by atoms with Gasteiger partial charge in [0, 0.05) is 23.7 Å². The van der Waals surface area contributed by atoms with E-state index in [-0.39, 0.29) is 0 Å². The third-order valence-electron chi connectivity index (χ3n) is 5.01. The fourth-order valence-electron chi connectivity index (χ4n) is 3.34. The molecule has 0 aliphatic carbocycles. The highest BCUT2D eigenvalue weighted by Crippen LogP contribution is 2.21. The number of rotatable bonds is 6. The molecule has 1 aliphatic rings. The van der Waals surface area contributed by atoms with E-state index >= 15 is 0 Å². The Kier molecular flexibility index (Phi) is 6.69. The van der Waals surface area contributed by atoms with Gasteiger partial charge in [0.1, 0.15) is 0 Å². The molecule has 0 saturated carbocycles. The summed E-state index contributed by atoms with van der Waals surface area (Å²) in [5.74, 6) is 1.66. The molecular weight excluding hydrogens is 340 g/mol. The minimum atomic E-state index is 0.509. The summed E-state index contributed by atoms with van der Waals surface area (Å²) in [5.41, 5.74) is 8.42. The van der Waals surface area contributed by atoms with Crippen molar-refractivity contribution in [2.45, 2.75) is 39.2 Å². The molecule has 0 amide bonds. The number of anilines is 1. The highest BCUT2D eigenvalue weighted by molar-refractivity contribution is 7.09. The van der Waals surface area contributed by atoms with Crippen LogP contribution in [0.25, 0.3) is 0 Å². The summed E-state index contributed by atoms with van der Waals surface area (Å²) >= 11 is 1.85. The number of likely N-dealkylation sites (tertiary alicyclic amines) is 1. The van der Waals surface area contributed by atoms with Crippen molar-refractivity contribution in [3.63, 3.8) is 0 Å². The Morgan fingerprint density at radius 1 is 1.27 bits per heavy atom. The molecule has 1 saturated heterocycles. The Hall–Kier alpha value is -1.85. The summed E-state index contributed by atoms with van der Waals surface area (Å²) in [7, 11) is 0. The second-order valence-corrected chi connectivity index (χ2v) is 8.46. The van der Waals surface area contributed by atoms with Crippen LogP contribution in [0.5, 0.6) is 0 Å². The van der Waals surface area contributed by atoms with Gasteiger partial charge in [-0.25, -0.2) is 0 Å². The van der Waals surface area contributed by atoms with Crippen LogP contribution in [-0.2, 0) is 6.54 Å². The molecule has 0 radical (unpaired) electrons. The molecule has 26 heavy (non-hydrogen) atoms. The molecule has 1 aromatic heterocycles. The number of aliphatic imine (C=N–C) groups is 1. The van der Waals surface area contributed by atoms with Gasteiger partial charge in [-0.1, -0.05) is 32.0 Å². The normalized spacial score (nSPS) is 17.0. The molecule has 3 rings (SSSR count). The van der Waals surface area contributed by atoms with E-state index in [0.717, 1.165) is 31.9 Å². The second-order valence-electron chi connectivity index (χ2n) is 7.43. The number of guanidine groups is 1. The standard InChI is InChI=1S/C21H30N4S/c1-16(2)18-5-3-6-19(13-18)24-21(22)23-14-17-8-10-25(11-9-17)15-20-7-4-12-26-20/h3-7,12-13,16-17H,8-11,14-15H2,1-2H3,(H3,22,23,24). The summed E-state index contributed by atoms with van der Waals surface area (Å²) in [6, 6.07) is 12.8. The summed E-state index contributed by atoms with van der Waals surface area (Å²) in [6.07, 6.45) is 2.40.